The molecule has 3 atom stereocenters. The summed E-state index contributed by atoms with van der Waals surface area (Å²) in [5.74, 6) is 14.2. The highest BCUT2D eigenvalue weighted by Gasteiger charge is 2.29. The Morgan fingerprint density at radius 3 is 2.80 bits per heavy atom. The number of hydrazine groups is 1. The van der Waals surface area contributed by atoms with Crippen LogP contribution in [0.5, 0.6) is 0 Å². The molecule has 4 heteroatoms. The molecule has 0 spiro atoms. The summed E-state index contributed by atoms with van der Waals surface area (Å²) >= 11 is 4.11. The van der Waals surface area contributed by atoms with Crippen LogP contribution in [0.1, 0.15) is 26.7 Å². The number of rotatable bonds is 4. The minimum atomic E-state index is 0.402. The summed E-state index contributed by atoms with van der Waals surface area (Å²) in [5, 5.41) is 1.33. The molecular weight excluding hydrogens is 224 g/mol. The molecule has 1 aliphatic rings. The van der Waals surface area contributed by atoms with Crippen molar-refractivity contribution in [1.82, 2.24) is 5.43 Å². The van der Waals surface area contributed by atoms with Gasteiger partial charge in [-0.15, -0.1) is 11.8 Å². The molecule has 0 aromatic heterocycles. The maximum Gasteiger partial charge on any atom is 0.0349 e. The van der Waals surface area contributed by atoms with Gasteiger partial charge < -0.3 is 0 Å². The van der Waals surface area contributed by atoms with Gasteiger partial charge in [0.1, 0.15) is 0 Å². The number of nitrogens with one attached hydrogen (secondary N) is 1. The molecule has 0 aromatic rings. The summed E-state index contributed by atoms with van der Waals surface area (Å²) in [5.41, 5.74) is 2.96. The van der Waals surface area contributed by atoms with Gasteiger partial charge in [-0.3, -0.25) is 11.3 Å². The third kappa shape index (κ3) is 4.28. The van der Waals surface area contributed by atoms with Crippen LogP contribution in [0.3, 0.4) is 0 Å². The number of hydrogen-bond donors (Lipinski definition) is 2. The number of thioether (sulfide) groups is 2. The number of hydrogen-bond acceptors (Lipinski definition) is 4. The van der Waals surface area contributed by atoms with Crippen molar-refractivity contribution in [3.63, 3.8) is 0 Å². The Balaban J connectivity index is 2.43. The SMILES string of the molecule is CC#CCCC(NN)C1SCCSC1C. The average molecular weight is 244 g/mol. The molecule has 86 valence electrons. The van der Waals surface area contributed by atoms with E-state index in [1.807, 2.05) is 6.92 Å². The zero-order valence-corrected chi connectivity index (χ0v) is 11.1. The monoisotopic (exact) mass is 244 g/mol. The van der Waals surface area contributed by atoms with Crippen LogP contribution in [-0.4, -0.2) is 28.0 Å². The van der Waals surface area contributed by atoms with E-state index in [9.17, 15) is 0 Å². The molecule has 3 unspecified atom stereocenters. The fraction of sp³-hybridized carbons (Fsp3) is 0.818. The van der Waals surface area contributed by atoms with Crippen LogP contribution >= 0.6 is 23.5 Å². The van der Waals surface area contributed by atoms with E-state index in [4.69, 9.17) is 5.84 Å². The molecule has 3 N–H and O–H groups in total. The van der Waals surface area contributed by atoms with Gasteiger partial charge in [0.15, 0.2) is 0 Å². The van der Waals surface area contributed by atoms with Gasteiger partial charge in [0, 0.05) is 34.5 Å². The van der Waals surface area contributed by atoms with Crippen molar-refractivity contribution in [3.05, 3.63) is 0 Å². The van der Waals surface area contributed by atoms with Crippen LogP contribution < -0.4 is 11.3 Å². The third-order valence-corrected chi connectivity index (χ3v) is 5.86. The maximum atomic E-state index is 5.63. The Labute approximate surface area is 101 Å². The van der Waals surface area contributed by atoms with Gasteiger partial charge in [-0.1, -0.05) is 6.92 Å². The van der Waals surface area contributed by atoms with E-state index in [1.54, 1.807) is 0 Å². The standard InChI is InChI=1S/C11H20N2S2/c1-3-4-5-6-10(13-12)11-9(2)14-7-8-15-11/h9-11,13H,5-8,12H2,1-2H3. The predicted molar refractivity (Wildman–Crippen MR) is 72.0 cm³/mol. The second-order valence-electron chi connectivity index (χ2n) is 3.65. The fourth-order valence-corrected chi connectivity index (χ4v) is 4.77. The van der Waals surface area contributed by atoms with Crippen molar-refractivity contribution in [2.45, 2.75) is 43.2 Å². The largest absolute Gasteiger partial charge is 0.271 e. The molecule has 1 saturated heterocycles. The normalized spacial score (nSPS) is 27.9. The van der Waals surface area contributed by atoms with Gasteiger partial charge in [-0.25, -0.2) is 0 Å². The number of nitrogens with two attached hydrogens (primary N) is 1. The lowest BCUT2D eigenvalue weighted by Crippen LogP contribution is -2.47. The van der Waals surface area contributed by atoms with Gasteiger partial charge in [0.05, 0.1) is 0 Å². The quantitative estimate of drug-likeness (QED) is 0.450. The molecular formula is C11H20N2S2. The average Bonchev–Trinajstić information content (AvgIpc) is 2.26. The first-order valence-corrected chi connectivity index (χ1v) is 7.48. The van der Waals surface area contributed by atoms with E-state index >= 15 is 0 Å². The van der Waals surface area contributed by atoms with Gasteiger partial charge in [-0.2, -0.15) is 23.5 Å². The predicted octanol–water partition coefficient (Wildman–Crippen LogP) is 1.86. The first kappa shape index (κ1) is 13.2. The molecule has 0 saturated carbocycles. The molecule has 0 bridgehead atoms. The Kier molecular flexibility index (Phi) is 6.58. The minimum absolute atomic E-state index is 0.402. The molecule has 0 amide bonds. The molecule has 2 nitrogen and oxygen atoms in total. The van der Waals surface area contributed by atoms with Crippen LogP contribution in [-0.2, 0) is 0 Å². The van der Waals surface area contributed by atoms with Crippen LogP contribution in [0, 0.1) is 11.8 Å². The van der Waals surface area contributed by atoms with Gasteiger partial charge in [0.2, 0.25) is 0 Å². The minimum Gasteiger partial charge on any atom is -0.271 e. The van der Waals surface area contributed by atoms with E-state index in [-0.39, 0.29) is 0 Å². The van der Waals surface area contributed by atoms with Crippen LogP contribution in [0.25, 0.3) is 0 Å². The second-order valence-corrected chi connectivity index (χ2v) is 6.42. The van der Waals surface area contributed by atoms with Crippen LogP contribution in [0.2, 0.25) is 0 Å². The first-order chi connectivity index (χ1) is 7.29. The van der Waals surface area contributed by atoms with E-state index in [0.717, 1.165) is 12.8 Å². The van der Waals surface area contributed by atoms with E-state index in [1.165, 1.54) is 11.5 Å². The molecule has 1 fully saturated rings. The van der Waals surface area contributed by atoms with Gasteiger partial charge in [-0.05, 0) is 13.3 Å². The van der Waals surface area contributed by atoms with Crippen molar-refractivity contribution in [2.24, 2.45) is 5.84 Å². The van der Waals surface area contributed by atoms with Crippen LogP contribution in [0.15, 0.2) is 0 Å². The molecule has 0 aliphatic carbocycles. The lowest BCUT2D eigenvalue weighted by molar-refractivity contribution is 0.479. The van der Waals surface area contributed by atoms with Crippen LogP contribution in [0.4, 0.5) is 0 Å². The molecule has 1 heterocycles. The highest BCUT2D eigenvalue weighted by Crippen LogP contribution is 2.33. The summed E-state index contributed by atoms with van der Waals surface area (Å²) in [4.78, 5) is 0. The Bertz CT molecular complexity index is 234. The van der Waals surface area contributed by atoms with Crippen molar-refractivity contribution in [1.29, 1.82) is 0 Å². The molecule has 0 aromatic carbocycles. The lowest BCUT2D eigenvalue weighted by atomic mass is 10.1. The highest BCUT2D eigenvalue weighted by molar-refractivity contribution is 8.07. The topological polar surface area (TPSA) is 38.0 Å². The second kappa shape index (κ2) is 7.45. The third-order valence-electron chi connectivity index (χ3n) is 2.60. The van der Waals surface area contributed by atoms with Crippen molar-refractivity contribution < 1.29 is 0 Å². The highest BCUT2D eigenvalue weighted by atomic mass is 32.2. The fourth-order valence-electron chi connectivity index (χ4n) is 1.79. The zero-order valence-electron chi connectivity index (χ0n) is 9.45. The van der Waals surface area contributed by atoms with Gasteiger partial charge >= 0.3 is 0 Å². The maximum absolute atomic E-state index is 5.63. The van der Waals surface area contributed by atoms with Crippen molar-refractivity contribution in [2.75, 3.05) is 11.5 Å². The van der Waals surface area contributed by atoms with Crippen molar-refractivity contribution in [3.8, 4) is 11.8 Å². The summed E-state index contributed by atoms with van der Waals surface area (Å²) < 4.78 is 0. The van der Waals surface area contributed by atoms with E-state index in [2.05, 4.69) is 47.7 Å². The molecule has 0 radical (unpaired) electrons. The molecule has 1 aliphatic heterocycles. The Hall–Kier alpha value is 0.180. The van der Waals surface area contributed by atoms with Crippen molar-refractivity contribution >= 4 is 23.5 Å². The Morgan fingerprint density at radius 1 is 1.47 bits per heavy atom. The summed E-state index contributed by atoms with van der Waals surface area (Å²) in [6.45, 7) is 4.19. The summed E-state index contributed by atoms with van der Waals surface area (Å²) in [7, 11) is 0. The Morgan fingerprint density at radius 2 is 2.20 bits per heavy atom. The lowest BCUT2D eigenvalue weighted by Gasteiger charge is -2.33. The zero-order chi connectivity index (χ0) is 11.1. The smallest absolute Gasteiger partial charge is 0.0349 e. The summed E-state index contributed by atoms with van der Waals surface area (Å²) in [6, 6.07) is 0.402. The van der Waals surface area contributed by atoms with E-state index in [0.29, 0.717) is 16.5 Å². The first-order valence-electron chi connectivity index (χ1n) is 5.38. The molecule has 15 heavy (non-hydrogen) atoms. The summed E-state index contributed by atoms with van der Waals surface area (Å²) in [6.07, 6.45) is 2.00. The molecule has 1 rings (SSSR count). The van der Waals surface area contributed by atoms with Gasteiger partial charge in [0.25, 0.3) is 0 Å². The van der Waals surface area contributed by atoms with E-state index < -0.39 is 0 Å².